The highest BCUT2D eigenvalue weighted by molar-refractivity contribution is 7.17. The van der Waals surface area contributed by atoms with Crippen molar-refractivity contribution < 1.29 is 32.3 Å². The number of thiophene rings is 1. The summed E-state index contributed by atoms with van der Waals surface area (Å²) in [5.41, 5.74) is 2.56. The van der Waals surface area contributed by atoms with Gasteiger partial charge in [-0.1, -0.05) is 11.6 Å². The minimum Gasteiger partial charge on any atom is -0.381 e. The first-order chi connectivity index (χ1) is 26.5. The third-order valence-corrected chi connectivity index (χ3v) is 11.7. The van der Waals surface area contributed by atoms with E-state index in [1.807, 2.05) is 0 Å². The van der Waals surface area contributed by atoms with E-state index in [1.54, 1.807) is 30.3 Å². The molecule has 2 aromatic heterocycles. The van der Waals surface area contributed by atoms with Crippen molar-refractivity contribution in [3.05, 3.63) is 128 Å². The maximum Gasteiger partial charge on any atom is 0.265 e. The third kappa shape index (κ3) is 7.02. The number of carbonyl (C=O) groups excluding carboxylic acids is 3. The molecule has 15 heteroatoms. The molecule has 278 valence electrons. The Morgan fingerprint density at radius 1 is 0.927 bits per heavy atom. The monoisotopic (exact) mass is 782 g/mol. The maximum absolute atomic E-state index is 14.7. The van der Waals surface area contributed by atoms with Crippen LogP contribution < -0.4 is 20.4 Å². The van der Waals surface area contributed by atoms with Crippen LogP contribution in [0.5, 0.6) is 0 Å². The standard InChI is InChI=1S/C40H30ClF3N6O4S/c1-45-27-18-29(36(46-19-27)49-20-40(21-49)9-12-54-13-10-40)37(51)47-26-5-2-22(3-6-26)39(53)50-11-8-23-14-33(55-35(23)28-7-4-24(42)17-32(28)50)38(52)48-34-30(41)15-25(43)16-31(34)44/h2-7,14-19H,8-13,20-21H2,(H,47,51)(H,48,52). The van der Waals surface area contributed by atoms with Gasteiger partial charge in [0.05, 0.1) is 33.4 Å². The van der Waals surface area contributed by atoms with Crippen molar-refractivity contribution in [2.45, 2.75) is 19.3 Å². The lowest BCUT2D eigenvalue weighted by molar-refractivity contribution is -0.000508. The molecule has 0 unspecified atom stereocenters. The molecule has 0 atom stereocenters. The molecule has 8 rings (SSSR count). The number of anilines is 4. The average Bonchev–Trinajstić information content (AvgIpc) is 3.53. The predicted octanol–water partition coefficient (Wildman–Crippen LogP) is 8.76. The normalized spacial score (nSPS) is 15.6. The highest BCUT2D eigenvalue weighted by Crippen LogP contribution is 2.44. The summed E-state index contributed by atoms with van der Waals surface area (Å²) < 4.78 is 48.2. The molecule has 10 nitrogen and oxygen atoms in total. The zero-order chi connectivity index (χ0) is 38.4. The minimum absolute atomic E-state index is 0.141. The Kier molecular flexibility index (Phi) is 9.54. The number of rotatable bonds is 6. The minimum atomic E-state index is -1.02. The van der Waals surface area contributed by atoms with E-state index >= 15 is 0 Å². The SMILES string of the molecule is [C-]#[N+]c1cnc(N2CC3(CCOCC3)C2)c(C(=O)Nc2ccc(C(=O)N3CCc4cc(C(=O)Nc5c(F)cc(F)cc5Cl)sc4-c4ccc(F)cc43)cc2)c1. The first-order valence-electron chi connectivity index (χ1n) is 17.3. The molecule has 5 aromatic rings. The van der Waals surface area contributed by atoms with Crippen LogP contribution in [0.25, 0.3) is 15.3 Å². The van der Waals surface area contributed by atoms with Crippen molar-refractivity contribution in [2.75, 3.05) is 53.3 Å². The number of hydrogen-bond donors (Lipinski definition) is 2. The third-order valence-electron chi connectivity index (χ3n) is 10.1. The summed E-state index contributed by atoms with van der Waals surface area (Å²) >= 11 is 7.07. The molecule has 0 aliphatic carbocycles. The quantitative estimate of drug-likeness (QED) is 0.167. The Labute approximate surface area is 322 Å². The number of nitrogens with one attached hydrogen (secondary N) is 2. The van der Waals surface area contributed by atoms with Crippen molar-refractivity contribution >= 4 is 69.2 Å². The van der Waals surface area contributed by atoms with Crippen molar-refractivity contribution in [3.63, 3.8) is 0 Å². The average molecular weight is 783 g/mol. The smallest absolute Gasteiger partial charge is 0.265 e. The van der Waals surface area contributed by atoms with Gasteiger partial charge < -0.3 is 25.2 Å². The molecule has 3 aromatic carbocycles. The second kappa shape index (κ2) is 14.5. The molecule has 5 heterocycles. The molecule has 3 amide bonds. The van der Waals surface area contributed by atoms with Crippen LogP contribution in [-0.2, 0) is 11.2 Å². The molecule has 1 spiro atoms. The molecule has 2 N–H and O–H groups in total. The van der Waals surface area contributed by atoms with E-state index in [0.29, 0.717) is 53.3 Å². The van der Waals surface area contributed by atoms with E-state index in [2.05, 4.69) is 25.4 Å². The van der Waals surface area contributed by atoms with Gasteiger partial charge in [-0.25, -0.2) is 18.0 Å². The van der Waals surface area contributed by atoms with Crippen LogP contribution in [-0.4, -0.2) is 55.6 Å². The summed E-state index contributed by atoms with van der Waals surface area (Å²) in [6.07, 6.45) is 3.67. The number of carbonyl (C=O) groups is 3. The van der Waals surface area contributed by atoms with Crippen LogP contribution in [0, 0.1) is 29.4 Å². The van der Waals surface area contributed by atoms with Gasteiger partial charge in [0.2, 0.25) is 5.69 Å². The van der Waals surface area contributed by atoms with E-state index < -0.39 is 35.2 Å². The van der Waals surface area contributed by atoms with Crippen molar-refractivity contribution in [3.8, 4) is 10.4 Å². The van der Waals surface area contributed by atoms with E-state index in [0.717, 1.165) is 48.9 Å². The number of pyridine rings is 1. The largest absolute Gasteiger partial charge is 0.381 e. The highest BCUT2D eigenvalue weighted by Gasteiger charge is 2.45. The number of fused-ring (bicyclic) bond motifs is 3. The number of nitrogens with zero attached hydrogens (tertiary/aromatic N) is 4. The summed E-state index contributed by atoms with van der Waals surface area (Å²) in [4.78, 5) is 53.1. The molecule has 55 heavy (non-hydrogen) atoms. The van der Waals surface area contributed by atoms with E-state index in [-0.39, 0.29) is 44.4 Å². The summed E-state index contributed by atoms with van der Waals surface area (Å²) in [5.74, 6) is -3.47. The molecule has 2 saturated heterocycles. The van der Waals surface area contributed by atoms with Crippen LogP contribution in [0.3, 0.4) is 0 Å². The number of halogens is 4. The second-order valence-corrected chi connectivity index (χ2v) is 15.2. The van der Waals surface area contributed by atoms with Gasteiger partial charge >= 0.3 is 0 Å². The Hall–Kier alpha value is -5.75. The first-order valence-corrected chi connectivity index (χ1v) is 18.5. The number of ether oxygens (including phenoxy) is 1. The molecule has 0 saturated carbocycles. The molecule has 0 radical (unpaired) electrons. The van der Waals surface area contributed by atoms with Crippen molar-refractivity contribution in [1.82, 2.24) is 4.98 Å². The second-order valence-electron chi connectivity index (χ2n) is 13.7. The van der Waals surface area contributed by atoms with Gasteiger partial charge in [0.1, 0.15) is 17.5 Å². The Bertz CT molecular complexity index is 2400. The van der Waals surface area contributed by atoms with Crippen molar-refractivity contribution in [2.24, 2.45) is 5.41 Å². The first kappa shape index (κ1) is 36.2. The summed E-state index contributed by atoms with van der Waals surface area (Å²) in [6.45, 7) is 10.5. The van der Waals surface area contributed by atoms with E-state index in [9.17, 15) is 27.6 Å². The topological polar surface area (TPSA) is 108 Å². The zero-order valence-electron chi connectivity index (χ0n) is 28.9. The number of aromatic nitrogens is 1. The fourth-order valence-corrected chi connectivity index (χ4v) is 8.67. The lowest BCUT2D eigenvalue weighted by atomic mass is 9.73. The van der Waals surface area contributed by atoms with Crippen LogP contribution in [0.2, 0.25) is 5.02 Å². The number of benzene rings is 3. The lowest BCUT2D eigenvalue weighted by Crippen LogP contribution is -2.59. The van der Waals surface area contributed by atoms with Gasteiger partial charge in [0.15, 0.2) is 5.82 Å². The lowest BCUT2D eigenvalue weighted by Gasteiger charge is -2.53. The Balaban J connectivity index is 0.996. The molecular formula is C40H30ClF3N6O4S. The van der Waals surface area contributed by atoms with Crippen LogP contribution in [0.4, 0.5) is 41.7 Å². The predicted molar refractivity (Wildman–Crippen MR) is 204 cm³/mol. The highest BCUT2D eigenvalue weighted by atomic mass is 35.5. The summed E-state index contributed by atoms with van der Waals surface area (Å²) in [6, 6.07) is 15.1. The van der Waals surface area contributed by atoms with Crippen molar-refractivity contribution in [1.29, 1.82) is 0 Å². The number of hydrogen-bond acceptors (Lipinski definition) is 7. The Morgan fingerprint density at radius 2 is 1.69 bits per heavy atom. The Morgan fingerprint density at radius 3 is 2.42 bits per heavy atom. The zero-order valence-corrected chi connectivity index (χ0v) is 30.5. The van der Waals surface area contributed by atoms with Gasteiger partial charge in [-0.05, 0) is 85.5 Å². The van der Waals surface area contributed by atoms with E-state index in [1.165, 1.54) is 35.4 Å². The molecular weight excluding hydrogens is 753 g/mol. The molecule has 3 aliphatic heterocycles. The molecule has 3 aliphatic rings. The fraction of sp³-hybridized carbons (Fsp3) is 0.225. The van der Waals surface area contributed by atoms with Gasteiger partial charge in [-0.2, -0.15) is 0 Å². The molecule has 2 fully saturated rings. The fourth-order valence-electron chi connectivity index (χ4n) is 7.29. The maximum atomic E-state index is 14.7. The van der Waals surface area contributed by atoms with E-state index in [4.69, 9.17) is 22.9 Å². The van der Waals surface area contributed by atoms with Gasteiger partial charge in [-0.3, -0.25) is 19.4 Å². The summed E-state index contributed by atoms with van der Waals surface area (Å²) in [5, 5.41) is 4.99. The van der Waals surface area contributed by atoms with Gasteiger partial charge in [0, 0.05) is 72.2 Å². The van der Waals surface area contributed by atoms with Gasteiger partial charge in [0.25, 0.3) is 17.7 Å². The number of amides is 3. The van der Waals surface area contributed by atoms with Crippen LogP contribution >= 0.6 is 22.9 Å². The van der Waals surface area contributed by atoms with Crippen LogP contribution in [0.1, 0.15) is 48.8 Å². The summed E-state index contributed by atoms with van der Waals surface area (Å²) in [7, 11) is 0. The van der Waals surface area contributed by atoms with Crippen LogP contribution in [0.15, 0.2) is 72.9 Å². The van der Waals surface area contributed by atoms with Gasteiger partial charge in [-0.15, -0.1) is 11.3 Å². The molecule has 0 bridgehead atoms.